The molecule has 2 aromatic carbocycles. The molecule has 0 saturated heterocycles. The Labute approximate surface area is 146 Å². The summed E-state index contributed by atoms with van der Waals surface area (Å²) in [6, 6.07) is 12.6. The van der Waals surface area contributed by atoms with Gasteiger partial charge < -0.3 is 5.73 Å². The summed E-state index contributed by atoms with van der Waals surface area (Å²) in [7, 11) is 0. The van der Waals surface area contributed by atoms with Crippen molar-refractivity contribution in [2.75, 3.05) is 5.75 Å². The smallest absolute Gasteiger partial charge is 0.318 e. The van der Waals surface area contributed by atoms with Crippen LogP contribution in [-0.4, -0.2) is 27.9 Å². The van der Waals surface area contributed by atoms with Crippen LogP contribution in [-0.2, 0) is 4.79 Å². The van der Waals surface area contributed by atoms with Gasteiger partial charge in [-0.25, -0.2) is 9.18 Å². The largest absolute Gasteiger partial charge is 0.351 e. The maximum Gasteiger partial charge on any atom is 0.318 e. The third-order valence-electron chi connectivity index (χ3n) is 3.37. The maximum absolute atomic E-state index is 13.1. The molecule has 0 atom stereocenters. The van der Waals surface area contributed by atoms with Crippen LogP contribution in [0.3, 0.4) is 0 Å². The van der Waals surface area contributed by atoms with Crippen molar-refractivity contribution in [3.63, 3.8) is 0 Å². The van der Waals surface area contributed by atoms with Crippen molar-refractivity contribution in [1.29, 1.82) is 0 Å². The zero-order valence-electron chi connectivity index (χ0n) is 12.9. The summed E-state index contributed by atoms with van der Waals surface area (Å²) in [5.74, 6) is -0.850. The molecule has 0 fully saturated rings. The number of fused-ring (bicyclic) bond motifs is 1. The van der Waals surface area contributed by atoms with Crippen LogP contribution in [0.4, 0.5) is 9.18 Å². The molecule has 0 bridgehead atoms. The van der Waals surface area contributed by atoms with E-state index in [2.05, 4.69) is 10.2 Å². The van der Waals surface area contributed by atoms with Crippen LogP contribution in [0.1, 0.15) is 0 Å². The van der Waals surface area contributed by atoms with E-state index in [9.17, 15) is 14.0 Å². The van der Waals surface area contributed by atoms with Gasteiger partial charge in [0.25, 0.3) is 0 Å². The molecule has 0 aliphatic heterocycles. The number of thioether (sulfide) groups is 1. The number of nitrogens with zero attached hydrogens (tertiary/aromatic N) is 2. The first-order valence-electron chi connectivity index (χ1n) is 7.28. The Balaban J connectivity index is 1.95. The summed E-state index contributed by atoms with van der Waals surface area (Å²) in [6.45, 7) is 0. The predicted octanol–water partition coefficient (Wildman–Crippen LogP) is 2.72. The first-order chi connectivity index (χ1) is 12.0. The first-order valence-corrected chi connectivity index (χ1v) is 8.26. The quantitative estimate of drug-likeness (QED) is 0.701. The summed E-state index contributed by atoms with van der Waals surface area (Å²) >= 11 is 1.15. The van der Waals surface area contributed by atoms with Crippen LogP contribution in [0, 0.1) is 5.82 Å². The van der Waals surface area contributed by atoms with E-state index >= 15 is 0 Å². The number of nitrogens with two attached hydrogens (primary N) is 1. The van der Waals surface area contributed by atoms with E-state index in [1.165, 1.54) is 12.1 Å². The van der Waals surface area contributed by atoms with Crippen LogP contribution in [0.15, 0.2) is 53.6 Å². The van der Waals surface area contributed by atoms with Crippen molar-refractivity contribution in [1.82, 2.24) is 15.5 Å². The highest BCUT2D eigenvalue weighted by atomic mass is 32.2. The lowest BCUT2D eigenvalue weighted by Crippen LogP contribution is -2.36. The minimum Gasteiger partial charge on any atom is -0.351 e. The Morgan fingerprint density at radius 1 is 1.04 bits per heavy atom. The molecule has 8 heteroatoms. The molecule has 3 N–H and O–H groups in total. The standard InChI is InChI=1S/C17H13FN4O2S/c18-11-7-5-10(6-8-11)15-12-3-1-2-4-13(12)16(22-21-15)25-9-14(23)20-17(19)24/h1-8H,9H2,(H3,19,20,23,24). The summed E-state index contributed by atoms with van der Waals surface area (Å²) in [6.07, 6.45) is 0. The van der Waals surface area contributed by atoms with E-state index in [0.29, 0.717) is 10.7 Å². The fraction of sp³-hybridized carbons (Fsp3) is 0.0588. The monoisotopic (exact) mass is 356 g/mol. The summed E-state index contributed by atoms with van der Waals surface area (Å²) in [4.78, 5) is 22.3. The topological polar surface area (TPSA) is 98.0 Å². The molecular formula is C17H13FN4O2S. The van der Waals surface area contributed by atoms with Gasteiger partial charge in [0.05, 0.1) is 5.75 Å². The van der Waals surface area contributed by atoms with Gasteiger partial charge in [-0.2, -0.15) is 0 Å². The minimum absolute atomic E-state index is 0.0164. The van der Waals surface area contributed by atoms with E-state index < -0.39 is 11.9 Å². The van der Waals surface area contributed by atoms with Gasteiger partial charge >= 0.3 is 6.03 Å². The lowest BCUT2D eigenvalue weighted by atomic mass is 10.1. The second-order valence-corrected chi connectivity index (χ2v) is 6.07. The predicted molar refractivity (Wildman–Crippen MR) is 93.4 cm³/mol. The van der Waals surface area contributed by atoms with E-state index in [1.54, 1.807) is 12.1 Å². The molecule has 6 nitrogen and oxygen atoms in total. The van der Waals surface area contributed by atoms with Gasteiger partial charge in [-0.1, -0.05) is 36.0 Å². The zero-order chi connectivity index (χ0) is 17.8. The molecule has 0 radical (unpaired) electrons. The Kier molecular flexibility index (Phi) is 4.90. The third-order valence-corrected chi connectivity index (χ3v) is 4.36. The molecule has 0 aliphatic carbocycles. The van der Waals surface area contributed by atoms with Crippen LogP contribution in [0.25, 0.3) is 22.0 Å². The number of amides is 3. The number of hydrogen-bond donors (Lipinski definition) is 2. The Morgan fingerprint density at radius 3 is 2.40 bits per heavy atom. The summed E-state index contributed by atoms with van der Waals surface area (Å²) < 4.78 is 13.1. The van der Waals surface area contributed by atoms with Crippen molar-refractivity contribution in [2.45, 2.75) is 5.03 Å². The van der Waals surface area contributed by atoms with Crippen LogP contribution in [0.5, 0.6) is 0 Å². The number of hydrogen-bond acceptors (Lipinski definition) is 5. The fourth-order valence-electron chi connectivity index (χ4n) is 2.31. The maximum atomic E-state index is 13.1. The van der Waals surface area contributed by atoms with Gasteiger partial charge in [0.15, 0.2) is 0 Å². The summed E-state index contributed by atoms with van der Waals surface area (Å²) in [5.41, 5.74) is 6.28. The molecule has 126 valence electrons. The van der Waals surface area contributed by atoms with Crippen LogP contribution >= 0.6 is 11.8 Å². The highest BCUT2D eigenvalue weighted by Gasteiger charge is 2.13. The number of halogens is 1. The van der Waals surface area contributed by atoms with Crippen molar-refractivity contribution >= 4 is 34.5 Å². The highest BCUT2D eigenvalue weighted by Crippen LogP contribution is 2.31. The molecule has 0 unspecified atom stereocenters. The van der Waals surface area contributed by atoms with Crippen molar-refractivity contribution in [3.05, 3.63) is 54.3 Å². The van der Waals surface area contributed by atoms with Crippen molar-refractivity contribution in [3.8, 4) is 11.3 Å². The number of aromatic nitrogens is 2. The van der Waals surface area contributed by atoms with Crippen molar-refractivity contribution in [2.24, 2.45) is 5.73 Å². The molecule has 1 aromatic heterocycles. The molecule has 3 rings (SSSR count). The van der Waals surface area contributed by atoms with Gasteiger partial charge in [-0.05, 0) is 24.3 Å². The van der Waals surface area contributed by atoms with E-state index in [-0.39, 0.29) is 11.6 Å². The number of benzene rings is 2. The van der Waals surface area contributed by atoms with E-state index in [1.807, 2.05) is 29.6 Å². The number of imide groups is 1. The molecule has 3 amide bonds. The number of carbonyl (C=O) groups is 2. The molecule has 25 heavy (non-hydrogen) atoms. The number of urea groups is 1. The lowest BCUT2D eigenvalue weighted by molar-refractivity contribution is -0.117. The molecule has 0 spiro atoms. The summed E-state index contributed by atoms with van der Waals surface area (Å²) in [5, 5.41) is 12.6. The SMILES string of the molecule is NC(=O)NC(=O)CSc1nnc(-c2ccc(F)cc2)c2ccccc12. The third kappa shape index (κ3) is 3.92. The van der Waals surface area contributed by atoms with Gasteiger partial charge in [0.1, 0.15) is 16.5 Å². The van der Waals surface area contributed by atoms with Crippen molar-refractivity contribution < 1.29 is 14.0 Å². The molecule has 3 aromatic rings. The average molecular weight is 356 g/mol. The molecule has 0 aliphatic rings. The van der Waals surface area contributed by atoms with Gasteiger partial charge in [0.2, 0.25) is 5.91 Å². The van der Waals surface area contributed by atoms with Crippen LogP contribution < -0.4 is 11.1 Å². The fourth-order valence-corrected chi connectivity index (χ4v) is 3.09. The number of nitrogens with one attached hydrogen (secondary N) is 1. The van der Waals surface area contributed by atoms with Crippen LogP contribution in [0.2, 0.25) is 0 Å². The Morgan fingerprint density at radius 2 is 1.72 bits per heavy atom. The van der Waals surface area contributed by atoms with Gasteiger partial charge in [0, 0.05) is 16.3 Å². The lowest BCUT2D eigenvalue weighted by Gasteiger charge is -2.09. The Bertz CT molecular complexity index is 947. The number of carbonyl (C=O) groups excluding carboxylic acids is 2. The average Bonchev–Trinajstić information content (AvgIpc) is 2.60. The number of primary amides is 1. The first kappa shape index (κ1) is 16.8. The second kappa shape index (κ2) is 7.27. The van der Waals surface area contributed by atoms with Gasteiger partial charge in [-0.15, -0.1) is 10.2 Å². The van der Waals surface area contributed by atoms with E-state index in [0.717, 1.165) is 28.1 Å². The van der Waals surface area contributed by atoms with Gasteiger partial charge in [-0.3, -0.25) is 10.1 Å². The zero-order valence-corrected chi connectivity index (χ0v) is 13.7. The number of rotatable bonds is 4. The van der Waals surface area contributed by atoms with E-state index in [4.69, 9.17) is 5.73 Å². The minimum atomic E-state index is -0.895. The molecular weight excluding hydrogens is 343 g/mol. The second-order valence-electron chi connectivity index (χ2n) is 5.11. The normalized spacial score (nSPS) is 10.6. The Hall–Kier alpha value is -3.00. The highest BCUT2D eigenvalue weighted by molar-refractivity contribution is 8.00. The molecule has 1 heterocycles. The molecule has 0 saturated carbocycles.